The Morgan fingerprint density at radius 3 is 2.31 bits per heavy atom. The Morgan fingerprint density at radius 1 is 0.969 bits per heavy atom. The van der Waals surface area contributed by atoms with E-state index in [9.17, 15) is 14.4 Å². The first kappa shape index (κ1) is 22.0. The van der Waals surface area contributed by atoms with Crippen LogP contribution in [0.1, 0.15) is 25.3 Å². The van der Waals surface area contributed by atoms with Crippen molar-refractivity contribution in [2.45, 2.75) is 32.2 Å². The van der Waals surface area contributed by atoms with Crippen molar-refractivity contribution >= 4 is 23.4 Å². The normalized spacial score (nSPS) is 19.5. The van der Waals surface area contributed by atoms with Crippen molar-refractivity contribution in [1.29, 1.82) is 0 Å². The summed E-state index contributed by atoms with van der Waals surface area (Å²) in [7, 11) is 0. The predicted octanol–water partition coefficient (Wildman–Crippen LogP) is 2.49. The standard InChI is InChI=1S/C25H29N3O4/c1-2-16-32-21-10-8-20(9-11-21)28-24(30)18-22(25(28)31)26-12-14-27(15-13-26)23(29)17-19-6-4-3-5-7-19/h3-11,22H,2,12-18H2,1H3. The molecule has 7 heteroatoms. The number of carbonyl (C=O) groups excluding carboxylic acids is 3. The van der Waals surface area contributed by atoms with Crippen LogP contribution in [0.15, 0.2) is 54.6 Å². The maximum Gasteiger partial charge on any atom is 0.251 e. The number of benzene rings is 2. The first-order valence-corrected chi connectivity index (χ1v) is 11.2. The van der Waals surface area contributed by atoms with Crippen LogP contribution in [0.5, 0.6) is 5.75 Å². The maximum atomic E-state index is 13.1. The van der Waals surface area contributed by atoms with E-state index in [0.717, 1.165) is 17.7 Å². The molecule has 2 saturated heterocycles. The van der Waals surface area contributed by atoms with Crippen LogP contribution in [-0.4, -0.2) is 66.3 Å². The molecule has 1 unspecified atom stereocenters. The van der Waals surface area contributed by atoms with Gasteiger partial charge in [0.1, 0.15) is 5.75 Å². The maximum absolute atomic E-state index is 13.1. The molecule has 0 spiro atoms. The average molecular weight is 436 g/mol. The van der Waals surface area contributed by atoms with E-state index in [-0.39, 0.29) is 24.1 Å². The van der Waals surface area contributed by atoms with Gasteiger partial charge in [-0.25, -0.2) is 4.90 Å². The third kappa shape index (κ3) is 4.83. The summed E-state index contributed by atoms with van der Waals surface area (Å²) >= 11 is 0. The highest BCUT2D eigenvalue weighted by molar-refractivity contribution is 6.22. The van der Waals surface area contributed by atoms with Crippen LogP contribution >= 0.6 is 0 Å². The number of hydrogen-bond donors (Lipinski definition) is 0. The lowest BCUT2D eigenvalue weighted by Crippen LogP contribution is -2.54. The number of ether oxygens (including phenoxy) is 1. The van der Waals surface area contributed by atoms with Gasteiger partial charge in [0, 0.05) is 26.2 Å². The molecule has 2 aliphatic rings. The van der Waals surface area contributed by atoms with Crippen LogP contribution in [0.25, 0.3) is 0 Å². The average Bonchev–Trinajstić information content (AvgIpc) is 3.12. The molecule has 2 aromatic carbocycles. The minimum Gasteiger partial charge on any atom is -0.494 e. The zero-order valence-electron chi connectivity index (χ0n) is 18.4. The van der Waals surface area contributed by atoms with E-state index < -0.39 is 6.04 Å². The molecule has 3 amide bonds. The van der Waals surface area contributed by atoms with Gasteiger partial charge in [-0.2, -0.15) is 0 Å². The second kappa shape index (κ2) is 9.96. The molecule has 32 heavy (non-hydrogen) atoms. The fourth-order valence-electron chi connectivity index (χ4n) is 4.25. The van der Waals surface area contributed by atoms with Crippen LogP contribution < -0.4 is 9.64 Å². The second-order valence-electron chi connectivity index (χ2n) is 8.21. The van der Waals surface area contributed by atoms with Crippen LogP contribution in [0.2, 0.25) is 0 Å². The minimum absolute atomic E-state index is 0.0942. The number of carbonyl (C=O) groups is 3. The number of hydrogen-bond acceptors (Lipinski definition) is 5. The van der Waals surface area contributed by atoms with Crippen molar-refractivity contribution in [2.75, 3.05) is 37.7 Å². The van der Waals surface area contributed by atoms with Gasteiger partial charge in [0.05, 0.1) is 31.2 Å². The number of anilines is 1. The molecule has 0 aromatic heterocycles. The molecule has 2 aromatic rings. The molecule has 168 valence electrons. The Kier molecular flexibility index (Phi) is 6.85. The fourth-order valence-corrected chi connectivity index (χ4v) is 4.25. The SMILES string of the molecule is CCCOc1ccc(N2C(=O)CC(N3CCN(C(=O)Cc4ccccc4)CC3)C2=O)cc1. The van der Waals surface area contributed by atoms with Gasteiger partial charge in [0.2, 0.25) is 11.8 Å². The van der Waals surface area contributed by atoms with E-state index in [4.69, 9.17) is 4.74 Å². The lowest BCUT2D eigenvalue weighted by atomic mass is 10.1. The number of amides is 3. The first-order valence-electron chi connectivity index (χ1n) is 11.2. The highest BCUT2D eigenvalue weighted by atomic mass is 16.5. The number of imide groups is 1. The summed E-state index contributed by atoms with van der Waals surface area (Å²) in [4.78, 5) is 43.5. The summed E-state index contributed by atoms with van der Waals surface area (Å²) in [6.45, 7) is 4.96. The second-order valence-corrected chi connectivity index (χ2v) is 8.21. The summed E-state index contributed by atoms with van der Waals surface area (Å²) in [5, 5.41) is 0. The van der Waals surface area contributed by atoms with Crippen molar-refractivity contribution in [3.8, 4) is 5.75 Å². The molecule has 4 rings (SSSR count). The Labute approximate surface area is 188 Å². The van der Waals surface area contributed by atoms with E-state index >= 15 is 0 Å². The molecule has 0 N–H and O–H groups in total. The van der Waals surface area contributed by atoms with Crippen LogP contribution in [0, 0.1) is 0 Å². The van der Waals surface area contributed by atoms with Gasteiger partial charge in [0.15, 0.2) is 0 Å². The van der Waals surface area contributed by atoms with Crippen LogP contribution in [0.3, 0.4) is 0 Å². The molecule has 2 fully saturated rings. The van der Waals surface area contributed by atoms with Crippen LogP contribution in [0.4, 0.5) is 5.69 Å². The molecule has 7 nitrogen and oxygen atoms in total. The van der Waals surface area contributed by atoms with Crippen molar-refractivity contribution in [1.82, 2.24) is 9.80 Å². The van der Waals surface area contributed by atoms with E-state index in [0.29, 0.717) is 44.9 Å². The molecule has 0 bridgehead atoms. The monoisotopic (exact) mass is 435 g/mol. The third-order valence-corrected chi connectivity index (χ3v) is 6.00. The lowest BCUT2D eigenvalue weighted by Gasteiger charge is -2.37. The lowest BCUT2D eigenvalue weighted by molar-refractivity contribution is -0.133. The molecular formula is C25H29N3O4. The zero-order chi connectivity index (χ0) is 22.5. The molecular weight excluding hydrogens is 406 g/mol. The van der Waals surface area contributed by atoms with Gasteiger partial charge in [0.25, 0.3) is 5.91 Å². The largest absolute Gasteiger partial charge is 0.494 e. The van der Waals surface area contributed by atoms with Crippen molar-refractivity contribution in [3.05, 3.63) is 60.2 Å². The van der Waals surface area contributed by atoms with Gasteiger partial charge in [-0.05, 0) is 36.2 Å². The van der Waals surface area contributed by atoms with Gasteiger partial charge in [-0.1, -0.05) is 37.3 Å². The summed E-state index contributed by atoms with van der Waals surface area (Å²) in [6.07, 6.45) is 1.47. The van der Waals surface area contributed by atoms with Gasteiger partial charge >= 0.3 is 0 Å². The third-order valence-electron chi connectivity index (χ3n) is 6.00. The van der Waals surface area contributed by atoms with E-state index in [2.05, 4.69) is 0 Å². The minimum atomic E-state index is -0.468. The Balaban J connectivity index is 1.34. The fraction of sp³-hybridized carbons (Fsp3) is 0.400. The van der Waals surface area contributed by atoms with Gasteiger partial charge < -0.3 is 9.64 Å². The Hall–Kier alpha value is -3.19. The van der Waals surface area contributed by atoms with Gasteiger partial charge in [-0.3, -0.25) is 19.3 Å². The van der Waals surface area contributed by atoms with E-state index in [1.807, 2.05) is 47.1 Å². The molecule has 0 saturated carbocycles. The number of rotatable bonds is 7. The summed E-state index contributed by atoms with van der Waals surface area (Å²) < 4.78 is 5.58. The molecule has 0 radical (unpaired) electrons. The quantitative estimate of drug-likeness (QED) is 0.625. The molecule has 0 aliphatic carbocycles. The van der Waals surface area contributed by atoms with Gasteiger partial charge in [-0.15, -0.1) is 0 Å². The zero-order valence-corrected chi connectivity index (χ0v) is 18.4. The number of piperazine rings is 1. The Bertz CT molecular complexity index is 953. The van der Waals surface area contributed by atoms with E-state index in [1.165, 1.54) is 4.90 Å². The van der Waals surface area contributed by atoms with Crippen molar-refractivity contribution in [2.24, 2.45) is 0 Å². The number of nitrogens with zero attached hydrogens (tertiary/aromatic N) is 3. The first-order chi connectivity index (χ1) is 15.6. The van der Waals surface area contributed by atoms with E-state index in [1.54, 1.807) is 24.3 Å². The predicted molar refractivity (Wildman–Crippen MR) is 121 cm³/mol. The molecule has 1 atom stereocenters. The summed E-state index contributed by atoms with van der Waals surface area (Å²) in [6, 6.07) is 16.3. The highest BCUT2D eigenvalue weighted by Crippen LogP contribution is 2.28. The smallest absolute Gasteiger partial charge is 0.251 e. The molecule has 2 heterocycles. The molecule has 2 aliphatic heterocycles. The van der Waals surface area contributed by atoms with Crippen molar-refractivity contribution in [3.63, 3.8) is 0 Å². The topological polar surface area (TPSA) is 70.2 Å². The highest BCUT2D eigenvalue weighted by Gasteiger charge is 2.43. The summed E-state index contributed by atoms with van der Waals surface area (Å²) in [5.41, 5.74) is 1.57. The van der Waals surface area contributed by atoms with Crippen LogP contribution in [-0.2, 0) is 20.8 Å². The van der Waals surface area contributed by atoms with Crippen molar-refractivity contribution < 1.29 is 19.1 Å². The Morgan fingerprint density at radius 2 is 1.66 bits per heavy atom. The summed E-state index contributed by atoms with van der Waals surface area (Å²) in [5.74, 6) is 0.435.